The van der Waals surface area contributed by atoms with Crippen LogP contribution >= 0.6 is 11.8 Å². The third kappa shape index (κ3) is 3.11. The van der Waals surface area contributed by atoms with Crippen molar-refractivity contribution in [2.24, 2.45) is 5.92 Å². The van der Waals surface area contributed by atoms with E-state index in [1.165, 1.54) is 44.6 Å². The van der Waals surface area contributed by atoms with Crippen LogP contribution in [0.4, 0.5) is 0 Å². The lowest BCUT2D eigenvalue weighted by molar-refractivity contribution is 0.0679. The molecule has 0 saturated carbocycles. The van der Waals surface area contributed by atoms with Gasteiger partial charge in [-0.2, -0.15) is 11.8 Å². The number of rotatable bonds is 5. The Hall–Kier alpha value is 0.270. The molecule has 0 spiro atoms. The summed E-state index contributed by atoms with van der Waals surface area (Å²) in [5, 5.41) is 3.83. The number of piperidine rings is 3. The molecule has 3 aliphatic heterocycles. The normalized spacial score (nSPS) is 36.8. The summed E-state index contributed by atoms with van der Waals surface area (Å²) >= 11 is 1.96. The monoisotopic (exact) mass is 228 g/mol. The molecule has 2 unspecified atom stereocenters. The van der Waals surface area contributed by atoms with E-state index in [0.717, 1.165) is 12.0 Å². The van der Waals surface area contributed by atoms with E-state index in [-0.39, 0.29) is 0 Å². The summed E-state index contributed by atoms with van der Waals surface area (Å²) < 4.78 is 0. The minimum absolute atomic E-state index is 0.697. The van der Waals surface area contributed by atoms with Crippen molar-refractivity contribution in [2.45, 2.75) is 38.3 Å². The molecule has 2 atom stereocenters. The van der Waals surface area contributed by atoms with Gasteiger partial charge in [0.2, 0.25) is 0 Å². The highest BCUT2D eigenvalue weighted by Crippen LogP contribution is 2.27. The predicted octanol–water partition coefficient (Wildman–Crippen LogP) is 1.81. The molecule has 3 heterocycles. The lowest BCUT2D eigenvalue weighted by Crippen LogP contribution is -2.57. The van der Waals surface area contributed by atoms with E-state index < -0.39 is 0 Å². The van der Waals surface area contributed by atoms with E-state index >= 15 is 0 Å². The third-order valence-corrected chi connectivity index (χ3v) is 4.55. The highest BCUT2D eigenvalue weighted by atomic mass is 32.2. The van der Waals surface area contributed by atoms with Crippen LogP contribution in [-0.4, -0.2) is 48.6 Å². The summed E-state index contributed by atoms with van der Waals surface area (Å²) in [5.41, 5.74) is 0. The van der Waals surface area contributed by atoms with Gasteiger partial charge in [-0.3, -0.25) is 0 Å². The van der Waals surface area contributed by atoms with Crippen molar-refractivity contribution in [3.63, 3.8) is 0 Å². The van der Waals surface area contributed by atoms with Gasteiger partial charge < -0.3 is 10.2 Å². The summed E-state index contributed by atoms with van der Waals surface area (Å²) in [4.78, 5) is 2.62. The van der Waals surface area contributed by atoms with Crippen LogP contribution in [0.25, 0.3) is 0 Å². The highest BCUT2D eigenvalue weighted by Gasteiger charge is 2.34. The molecule has 2 nitrogen and oxygen atoms in total. The first-order valence-electron chi connectivity index (χ1n) is 6.27. The number of fused-ring (bicyclic) bond motifs is 3. The van der Waals surface area contributed by atoms with Gasteiger partial charge in [-0.05, 0) is 57.2 Å². The Balaban J connectivity index is 1.74. The van der Waals surface area contributed by atoms with Crippen molar-refractivity contribution in [3.8, 4) is 0 Å². The Morgan fingerprint density at radius 2 is 2.13 bits per heavy atom. The van der Waals surface area contributed by atoms with Crippen LogP contribution in [0, 0.1) is 5.92 Å². The van der Waals surface area contributed by atoms with Crippen molar-refractivity contribution in [1.82, 2.24) is 10.2 Å². The number of hydrogen-bond donors (Lipinski definition) is 1. The zero-order chi connectivity index (χ0) is 10.7. The van der Waals surface area contributed by atoms with Crippen LogP contribution in [0.15, 0.2) is 0 Å². The molecule has 0 radical (unpaired) electrons. The highest BCUT2D eigenvalue weighted by molar-refractivity contribution is 7.98. The lowest BCUT2D eigenvalue weighted by Gasteiger charge is -2.46. The maximum absolute atomic E-state index is 3.83. The minimum Gasteiger partial charge on any atom is -0.310 e. The first kappa shape index (κ1) is 11.7. The first-order valence-corrected chi connectivity index (χ1v) is 7.66. The second-order valence-electron chi connectivity index (χ2n) is 5.09. The number of nitrogens with one attached hydrogen (secondary N) is 1. The van der Waals surface area contributed by atoms with E-state index in [1.54, 1.807) is 0 Å². The second kappa shape index (κ2) is 5.55. The van der Waals surface area contributed by atoms with Gasteiger partial charge in [-0.1, -0.05) is 0 Å². The fourth-order valence-corrected chi connectivity index (χ4v) is 3.49. The van der Waals surface area contributed by atoms with E-state index in [1.807, 2.05) is 11.8 Å². The molecule has 3 fully saturated rings. The van der Waals surface area contributed by atoms with Gasteiger partial charge in [0.25, 0.3) is 0 Å². The Labute approximate surface area is 98.2 Å². The topological polar surface area (TPSA) is 15.3 Å². The summed E-state index contributed by atoms with van der Waals surface area (Å²) in [6.45, 7) is 6.34. The number of hydrogen-bond acceptors (Lipinski definition) is 3. The molecular weight excluding hydrogens is 204 g/mol. The van der Waals surface area contributed by atoms with E-state index in [2.05, 4.69) is 23.4 Å². The van der Waals surface area contributed by atoms with Crippen LogP contribution < -0.4 is 5.32 Å². The van der Waals surface area contributed by atoms with Gasteiger partial charge >= 0.3 is 0 Å². The fraction of sp³-hybridized carbons (Fsp3) is 1.00. The van der Waals surface area contributed by atoms with Gasteiger partial charge in [-0.25, -0.2) is 0 Å². The predicted molar refractivity (Wildman–Crippen MR) is 68.5 cm³/mol. The molecule has 0 amide bonds. The summed E-state index contributed by atoms with van der Waals surface area (Å²) in [6, 6.07) is 1.48. The zero-order valence-corrected chi connectivity index (χ0v) is 10.9. The molecule has 1 N–H and O–H groups in total. The van der Waals surface area contributed by atoms with Gasteiger partial charge in [0.1, 0.15) is 0 Å². The molecule has 15 heavy (non-hydrogen) atoms. The summed E-state index contributed by atoms with van der Waals surface area (Å²) in [7, 11) is 0. The average Bonchev–Trinajstić information content (AvgIpc) is 2.28. The maximum Gasteiger partial charge on any atom is 0.0226 e. The van der Waals surface area contributed by atoms with Crippen molar-refractivity contribution in [2.75, 3.05) is 31.6 Å². The van der Waals surface area contributed by atoms with Crippen LogP contribution in [0.3, 0.4) is 0 Å². The standard InChI is InChI=1S/C12H24N2S/c1-10(5-8-15-2)13-12-9-14-6-3-11(12)4-7-14/h10-13H,3-9H2,1-2H3. The summed E-state index contributed by atoms with van der Waals surface area (Å²) in [6.07, 6.45) is 6.35. The Morgan fingerprint density at radius 1 is 1.40 bits per heavy atom. The molecule has 3 heteroatoms. The second-order valence-corrected chi connectivity index (χ2v) is 6.08. The lowest BCUT2D eigenvalue weighted by atomic mass is 9.83. The smallest absolute Gasteiger partial charge is 0.0226 e. The van der Waals surface area contributed by atoms with Gasteiger partial charge in [-0.15, -0.1) is 0 Å². The Morgan fingerprint density at radius 3 is 2.67 bits per heavy atom. The van der Waals surface area contributed by atoms with Crippen molar-refractivity contribution < 1.29 is 0 Å². The molecular formula is C12H24N2S. The maximum atomic E-state index is 3.83. The molecule has 0 aromatic rings. The van der Waals surface area contributed by atoms with Crippen molar-refractivity contribution in [3.05, 3.63) is 0 Å². The van der Waals surface area contributed by atoms with Gasteiger partial charge in [0.15, 0.2) is 0 Å². The molecule has 3 rings (SSSR count). The van der Waals surface area contributed by atoms with Crippen LogP contribution in [0.2, 0.25) is 0 Å². The molecule has 88 valence electrons. The van der Waals surface area contributed by atoms with Crippen LogP contribution in [0.5, 0.6) is 0 Å². The molecule has 0 aliphatic carbocycles. The quantitative estimate of drug-likeness (QED) is 0.772. The number of nitrogens with zero attached hydrogens (tertiary/aromatic N) is 1. The first-order chi connectivity index (χ1) is 7.29. The molecule has 2 bridgehead atoms. The molecule has 3 saturated heterocycles. The SMILES string of the molecule is CSCCC(C)NC1CN2CCC1CC2. The Kier molecular flexibility index (Phi) is 4.35. The minimum atomic E-state index is 0.697. The van der Waals surface area contributed by atoms with Crippen LogP contribution in [-0.2, 0) is 0 Å². The fourth-order valence-electron chi connectivity index (χ4n) is 2.90. The zero-order valence-electron chi connectivity index (χ0n) is 10.0. The Bertz CT molecular complexity index is 190. The van der Waals surface area contributed by atoms with E-state index in [0.29, 0.717) is 6.04 Å². The number of thioether (sulfide) groups is 1. The largest absolute Gasteiger partial charge is 0.310 e. The summed E-state index contributed by atoms with van der Waals surface area (Å²) in [5.74, 6) is 2.25. The van der Waals surface area contributed by atoms with Crippen molar-refractivity contribution >= 4 is 11.8 Å². The van der Waals surface area contributed by atoms with E-state index in [4.69, 9.17) is 0 Å². The van der Waals surface area contributed by atoms with Gasteiger partial charge in [0.05, 0.1) is 0 Å². The van der Waals surface area contributed by atoms with Crippen LogP contribution in [0.1, 0.15) is 26.2 Å². The molecule has 3 aliphatic rings. The van der Waals surface area contributed by atoms with Crippen molar-refractivity contribution in [1.29, 1.82) is 0 Å². The third-order valence-electron chi connectivity index (χ3n) is 3.91. The van der Waals surface area contributed by atoms with Gasteiger partial charge in [0, 0.05) is 18.6 Å². The molecule has 0 aromatic carbocycles. The molecule has 0 aromatic heterocycles. The van der Waals surface area contributed by atoms with E-state index in [9.17, 15) is 0 Å². The average molecular weight is 228 g/mol.